The summed E-state index contributed by atoms with van der Waals surface area (Å²) in [4.78, 5) is 32.6. The van der Waals surface area contributed by atoms with Gasteiger partial charge in [0.2, 0.25) is 0 Å². The molecule has 0 aromatic rings. The number of rotatable bonds is 6. The number of carbonyl (C=O) groups excluding carboxylic acids is 1. The third-order valence-electron chi connectivity index (χ3n) is 2.04. The van der Waals surface area contributed by atoms with Crippen molar-refractivity contribution >= 4 is 17.9 Å². The van der Waals surface area contributed by atoms with Crippen molar-refractivity contribution in [2.24, 2.45) is 11.8 Å². The van der Waals surface area contributed by atoms with E-state index in [2.05, 4.69) is 4.74 Å². The summed E-state index contributed by atoms with van der Waals surface area (Å²) in [5.41, 5.74) is 0. The molecule has 0 bridgehead atoms. The number of ether oxygens (including phenoxy) is 1. The van der Waals surface area contributed by atoms with Crippen molar-refractivity contribution in [3.05, 3.63) is 0 Å². The van der Waals surface area contributed by atoms with Gasteiger partial charge in [0.1, 0.15) is 0 Å². The predicted octanol–water partition coefficient (Wildman–Crippen LogP) is 0.361. The van der Waals surface area contributed by atoms with Crippen LogP contribution in [0, 0.1) is 11.8 Å². The Morgan fingerprint density at radius 1 is 1.20 bits per heavy atom. The van der Waals surface area contributed by atoms with Crippen LogP contribution in [-0.2, 0) is 19.1 Å². The summed E-state index contributed by atoms with van der Waals surface area (Å²) >= 11 is 0. The van der Waals surface area contributed by atoms with Crippen LogP contribution in [0.15, 0.2) is 0 Å². The van der Waals surface area contributed by atoms with E-state index in [0.717, 1.165) is 7.11 Å². The van der Waals surface area contributed by atoms with Gasteiger partial charge in [-0.25, -0.2) is 0 Å². The highest BCUT2D eigenvalue weighted by Gasteiger charge is 2.39. The lowest BCUT2D eigenvalue weighted by atomic mass is 9.88. The van der Waals surface area contributed by atoms with E-state index < -0.39 is 29.7 Å². The maximum absolute atomic E-state index is 11.1. The molecule has 0 rings (SSSR count). The number of carboxylic acid groups (broad SMARTS) is 2. The fourth-order valence-electron chi connectivity index (χ4n) is 1.31. The average molecular weight is 218 g/mol. The molecule has 6 nitrogen and oxygen atoms in total. The van der Waals surface area contributed by atoms with Crippen molar-refractivity contribution in [2.75, 3.05) is 7.11 Å². The zero-order valence-electron chi connectivity index (χ0n) is 8.60. The Morgan fingerprint density at radius 3 is 2.00 bits per heavy atom. The fraction of sp³-hybridized carbons (Fsp3) is 0.667. The summed E-state index contributed by atoms with van der Waals surface area (Å²) in [6.45, 7) is 1.71. The largest absolute Gasteiger partial charge is 0.481 e. The second-order valence-corrected chi connectivity index (χ2v) is 3.07. The third-order valence-corrected chi connectivity index (χ3v) is 2.04. The molecule has 15 heavy (non-hydrogen) atoms. The van der Waals surface area contributed by atoms with Crippen molar-refractivity contribution in [3.8, 4) is 0 Å². The molecule has 2 N–H and O–H groups in total. The smallest absolute Gasteiger partial charge is 0.320 e. The molecule has 1 unspecified atom stereocenters. The van der Waals surface area contributed by atoms with Crippen molar-refractivity contribution < 1.29 is 29.3 Å². The van der Waals surface area contributed by atoms with Crippen LogP contribution in [0.3, 0.4) is 0 Å². The highest BCUT2D eigenvalue weighted by atomic mass is 16.5. The summed E-state index contributed by atoms with van der Waals surface area (Å²) in [6.07, 6.45) is 0.610. The normalized spacial score (nSPS) is 14.0. The summed E-state index contributed by atoms with van der Waals surface area (Å²) in [6, 6.07) is 0. The maximum Gasteiger partial charge on any atom is 0.320 e. The lowest BCUT2D eigenvalue weighted by Crippen LogP contribution is -2.36. The van der Waals surface area contributed by atoms with Crippen LogP contribution in [0.2, 0.25) is 0 Å². The van der Waals surface area contributed by atoms with Crippen LogP contribution in [0.1, 0.15) is 19.8 Å². The van der Waals surface area contributed by atoms with Gasteiger partial charge in [0.05, 0.1) is 13.0 Å². The van der Waals surface area contributed by atoms with Gasteiger partial charge in [-0.1, -0.05) is 13.3 Å². The van der Waals surface area contributed by atoms with Crippen LogP contribution in [0.25, 0.3) is 0 Å². The number of esters is 1. The number of methoxy groups -OCH3 is 1. The lowest BCUT2D eigenvalue weighted by molar-refractivity contribution is -0.166. The Labute approximate surface area is 86.8 Å². The van der Waals surface area contributed by atoms with Crippen molar-refractivity contribution in [1.82, 2.24) is 0 Å². The standard InChI is InChI=1S/C9H14O6/c1-3-4-5(7(10)11)6(8(12)13)9(14)15-2/h5-6H,3-4H2,1-2H3,(H,10,11)(H,12,13)/t5-,6?/m1/s1. The molecule has 0 heterocycles. The van der Waals surface area contributed by atoms with Crippen LogP contribution in [-0.4, -0.2) is 35.2 Å². The monoisotopic (exact) mass is 218 g/mol. The van der Waals surface area contributed by atoms with Gasteiger partial charge in [0.25, 0.3) is 0 Å². The zero-order valence-corrected chi connectivity index (χ0v) is 8.60. The van der Waals surface area contributed by atoms with Gasteiger partial charge in [-0.2, -0.15) is 0 Å². The minimum atomic E-state index is -1.63. The van der Waals surface area contributed by atoms with Gasteiger partial charge in [0.15, 0.2) is 5.92 Å². The van der Waals surface area contributed by atoms with E-state index in [1.165, 1.54) is 0 Å². The summed E-state index contributed by atoms with van der Waals surface area (Å²) in [5.74, 6) is -6.66. The van der Waals surface area contributed by atoms with Gasteiger partial charge in [-0.3, -0.25) is 14.4 Å². The molecule has 0 saturated carbocycles. The number of aliphatic carboxylic acids is 2. The molecule has 0 aromatic carbocycles. The molecule has 0 fully saturated rings. The molecule has 86 valence electrons. The average Bonchev–Trinajstić information content (AvgIpc) is 2.15. The van der Waals surface area contributed by atoms with E-state index in [1.54, 1.807) is 6.92 Å². The predicted molar refractivity (Wildman–Crippen MR) is 49.2 cm³/mol. The number of carbonyl (C=O) groups is 3. The molecule has 0 radical (unpaired) electrons. The first-order chi connectivity index (χ1) is 6.95. The topological polar surface area (TPSA) is 101 Å². The van der Waals surface area contributed by atoms with Crippen molar-refractivity contribution in [3.63, 3.8) is 0 Å². The summed E-state index contributed by atoms with van der Waals surface area (Å²) in [5, 5.41) is 17.6. The molecular weight excluding hydrogens is 204 g/mol. The molecule has 0 aliphatic rings. The van der Waals surface area contributed by atoms with Crippen LogP contribution >= 0.6 is 0 Å². The van der Waals surface area contributed by atoms with Gasteiger partial charge < -0.3 is 14.9 Å². The van der Waals surface area contributed by atoms with Crippen LogP contribution in [0.4, 0.5) is 0 Å². The van der Waals surface area contributed by atoms with Gasteiger partial charge in [-0.15, -0.1) is 0 Å². The second-order valence-electron chi connectivity index (χ2n) is 3.07. The Kier molecular flexibility index (Phi) is 5.36. The minimum absolute atomic E-state index is 0.126. The lowest BCUT2D eigenvalue weighted by Gasteiger charge is -2.17. The first kappa shape index (κ1) is 13.4. The first-order valence-electron chi connectivity index (χ1n) is 4.49. The third kappa shape index (κ3) is 3.57. The number of carboxylic acids is 2. The molecule has 0 spiro atoms. The maximum atomic E-state index is 11.1. The van der Waals surface area contributed by atoms with E-state index >= 15 is 0 Å². The van der Waals surface area contributed by atoms with Crippen LogP contribution in [0.5, 0.6) is 0 Å². The molecule has 6 heteroatoms. The Hall–Kier alpha value is -1.59. The molecule has 0 aromatic heterocycles. The summed E-state index contributed by atoms with van der Waals surface area (Å²) in [7, 11) is 1.03. The van der Waals surface area contributed by atoms with Crippen molar-refractivity contribution in [2.45, 2.75) is 19.8 Å². The molecule has 0 saturated heterocycles. The van der Waals surface area contributed by atoms with E-state index in [4.69, 9.17) is 10.2 Å². The SMILES string of the molecule is CCC[C@@H](C(=O)O)C(C(=O)O)C(=O)OC. The number of hydrogen-bond acceptors (Lipinski definition) is 4. The van der Waals surface area contributed by atoms with Gasteiger partial charge in [0, 0.05) is 0 Å². The molecule has 0 aliphatic carbocycles. The molecule has 0 amide bonds. The first-order valence-corrected chi connectivity index (χ1v) is 4.49. The van der Waals surface area contributed by atoms with E-state index in [9.17, 15) is 14.4 Å². The van der Waals surface area contributed by atoms with E-state index in [-0.39, 0.29) is 6.42 Å². The minimum Gasteiger partial charge on any atom is -0.481 e. The highest BCUT2D eigenvalue weighted by Crippen LogP contribution is 2.20. The fourth-order valence-corrected chi connectivity index (χ4v) is 1.31. The zero-order chi connectivity index (χ0) is 12.0. The van der Waals surface area contributed by atoms with E-state index in [1.807, 2.05) is 0 Å². The Morgan fingerprint density at radius 2 is 1.73 bits per heavy atom. The van der Waals surface area contributed by atoms with Crippen molar-refractivity contribution in [1.29, 1.82) is 0 Å². The highest BCUT2D eigenvalue weighted by molar-refractivity contribution is 5.98. The van der Waals surface area contributed by atoms with Crippen LogP contribution < -0.4 is 0 Å². The Balaban J connectivity index is 4.91. The quantitative estimate of drug-likeness (QED) is 0.493. The molecular formula is C9H14O6. The second kappa shape index (κ2) is 6.00. The van der Waals surface area contributed by atoms with E-state index in [0.29, 0.717) is 6.42 Å². The molecule has 2 atom stereocenters. The molecule has 0 aliphatic heterocycles. The van der Waals surface area contributed by atoms with Gasteiger partial charge in [-0.05, 0) is 6.42 Å². The number of hydrogen-bond donors (Lipinski definition) is 2. The summed E-state index contributed by atoms with van der Waals surface area (Å²) < 4.78 is 4.27. The Bertz CT molecular complexity index is 259. The van der Waals surface area contributed by atoms with Gasteiger partial charge >= 0.3 is 17.9 Å².